The van der Waals surface area contributed by atoms with Crippen LogP contribution in [0.25, 0.3) is 0 Å². The molecule has 1 aromatic heterocycles. The van der Waals surface area contributed by atoms with Crippen LogP contribution >= 0.6 is 46.4 Å². The Morgan fingerprint density at radius 3 is 1.54 bits per heavy atom. The number of halogens is 4. The Morgan fingerprint density at radius 2 is 1.25 bits per heavy atom. The molecule has 1 heterocycles. The molecule has 0 aliphatic carbocycles. The summed E-state index contributed by atoms with van der Waals surface area (Å²) in [5.41, 5.74) is 1.09. The van der Waals surface area contributed by atoms with E-state index in [9.17, 15) is 0 Å². The normalized spacial score (nSPS) is 15.9. The molecule has 0 spiro atoms. The lowest BCUT2D eigenvalue weighted by Gasteiger charge is -2.14. The van der Waals surface area contributed by atoms with Crippen LogP contribution in [-0.4, -0.2) is 39.2 Å². The van der Waals surface area contributed by atoms with Gasteiger partial charge in [-0.15, -0.1) is 23.2 Å². The van der Waals surface area contributed by atoms with E-state index < -0.39 is 0 Å². The van der Waals surface area contributed by atoms with E-state index in [0.717, 1.165) is 0 Å². The molecule has 1 rings (SSSR count). The second-order valence-corrected chi connectivity index (χ2v) is 7.51. The third kappa shape index (κ3) is 6.51. The second-order valence-electron chi connectivity index (χ2n) is 6.18. The van der Waals surface area contributed by atoms with Crippen LogP contribution in [0.4, 0.5) is 0 Å². The van der Waals surface area contributed by atoms with E-state index in [1.54, 1.807) is 12.1 Å². The Bertz CT molecular complexity index is 538. The van der Waals surface area contributed by atoms with Crippen LogP contribution < -0.4 is 0 Å². The van der Waals surface area contributed by atoms with Gasteiger partial charge in [-0.2, -0.15) is 0 Å². The zero-order valence-electron chi connectivity index (χ0n) is 14.3. The first-order chi connectivity index (χ1) is 11.3. The summed E-state index contributed by atoms with van der Waals surface area (Å²) in [5, 5.41) is 0.636. The van der Waals surface area contributed by atoms with Crippen LogP contribution in [-0.2, 0) is 0 Å². The minimum absolute atomic E-state index is 0.0599. The standard InChI is InChI=1S/C17H23Cl4N3/c1-10(2)14(8-18)23-16(20)12-6-5-7-13(22-12)17(21)24-15(9-19)11(3)4/h5-7,10-11,14-15H,8-9H2,1-4H3/t14-,15-/m1/s1. The molecule has 0 amide bonds. The van der Waals surface area contributed by atoms with Crippen molar-refractivity contribution in [1.82, 2.24) is 4.98 Å². The number of aromatic nitrogens is 1. The largest absolute Gasteiger partial charge is 0.266 e. The third-order valence-electron chi connectivity index (χ3n) is 3.59. The maximum absolute atomic E-state index is 6.31. The molecule has 2 atom stereocenters. The summed E-state index contributed by atoms with van der Waals surface area (Å²) < 4.78 is 0. The number of aliphatic imine (C=N–C) groups is 2. The number of alkyl halides is 2. The van der Waals surface area contributed by atoms with Gasteiger partial charge in [0.15, 0.2) is 0 Å². The lowest BCUT2D eigenvalue weighted by atomic mass is 10.1. The van der Waals surface area contributed by atoms with E-state index in [1.165, 1.54) is 0 Å². The van der Waals surface area contributed by atoms with Crippen molar-refractivity contribution in [3.63, 3.8) is 0 Å². The predicted octanol–water partition coefficient (Wildman–Crippen LogP) is 5.58. The smallest absolute Gasteiger partial charge is 0.149 e. The molecule has 0 unspecified atom stereocenters. The van der Waals surface area contributed by atoms with Gasteiger partial charge in [-0.25, -0.2) is 4.98 Å². The van der Waals surface area contributed by atoms with Crippen LogP contribution in [0.15, 0.2) is 28.2 Å². The van der Waals surface area contributed by atoms with Crippen molar-refractivity contribution in [3.05, 3.63) is 29.6 Å². The van der Waals surface area contributed by atoms with Crippen molar-refractivity contribution in [1.29, 1.82) is 0 Å². The molecular formula is C17H23Cl4N3. The Kier molecular flexibility index (Phi) is 9.58. The second kappa shape index (κ2) is 10.6. The van der Waals surface area contributed by atoms with Crippen molar-refractivity contribution in [3.8, 4) is 0 Å². The van der Waals surface area contributed by atoms with Gasteiger partial charge in [0.2, 0.25) is 0 Å². The summed E-state index contributed by atoms with van der Waals surface area (Å²) in [7, 11) is 0. The molecule has 0 fully saturated rings. The molecule has 24 heavy (non-hydrogen) atoms. The van der Waals surface area contributed by atoms with Gasteiger partial charge >= 0.3 is 0 Å². The van der Waals surface area contributed by atoms with Gasteiger partial charge in [-0.05, 0) is 24.0 Å². The van der Waals surface area contributed by atoms with Gasteiger partial charge in [-0.1, -0.05) is 57.0 Å². The van der Waals surface area contributed by atoms with Crippen molar-refractivity contribution < 1.29 is 0 Å². The third-order valence-corrected chi connectivity index (χ3v) is 4.80. The monoisotopic (exact) mass is 409 g/mol. The number of pyridine rings is 1. The minimum Gasteiger partial charge on any atom is -0.266 e. The zero-order chi connectivity index (χ0) is 18.3. The lowest BCUT2D eigenvalue weighted by Crippen LogP contribution is -2.18. The highest BCUT2D eigenvalue weighted by molar-refractivity contribution is 6.70. The highest BCUT2D eigenvalue weighted by Crippen LogP contribution is 2.15. The topological polar surface area (TPSA) is 37.6 Å². The average Bonchev–Trinajstić information content (AvgIpc) is 2.56. The minimum atomic E-state index is -0.0599. The summed E-state index contributed by atoms with van der Waals surface area (Å²) in [6.45, 7) is 8.19. The maximum atomic E-state index is 6.31. The Labute approximate surface area is 164 Å². The van der Waals surface area contributed by atoms with E-state index in [0.29, 0.717) is 45.3 Å². The molecule has 0 aliphatic heterocycles. The highest BCUT2D eigenvalue weighted by Gasteiger charge is 2.15. The maximum Gasteiger partial charge on any atom is 0.149 e. The van der Waals surface area contributed by atoms with Crippen molar-refractivity contribution in [2.75, 3.05) is 11.8 Å². The average molecular weight is 411 g/mol. The molecule has 134 valence electrons. The van der Waals surface area contributed by atoms with E-state index in [-0.39, 0.29) is 12.1 Å². The first-order valence-corrected chi connectivity index (χ1v) is 9.68. The molecule has 0 aromatic carbocycles. The molecular weight excluding hydrogens is 388 g/mol. The van der Waals surface area contributed by atoms with Gasteiger partial charge in [-0.3, -0.25) is 9.98 Å². The van der Waals surface area contributed by atoms with E-state index in [1.807, 2.05) is 33.8 Å². The van der Waals surface area contributed by atoms with Crippen molar-refractivity contribution in [2.24, 2.45) is 21.8 Å². The van der Waals surface area contributed by atoms with Crippen LogP contribution in [0.1, 0.15) is 39.1 Å². The number of nitrogens with zero attached hydrogens (tertiary/aromatic N) is 3. The molecule has 1 aromatic rings. The zero-order valence-corrected chi connectivity index (χ0v) is 17.3. The number of hydrogen-bond acceptors (Lipinski definition) is 3. The molecule has 0 N–H and O–H groups in total. The summed E-state index contributed by atoms with van der Waals surface area (Å²) in [4.78, 5) is 13.4. The fourth-order valence-electron chi connectivity index (χ4n) is 1.81. The molecule has 3 nitrogen and oxygen atoms in total. The van der Waals surface area contributed by atoms with Crippen LogP contribution in [0.2, 0.25) is 0 Å². The van der Waals surface area contributed by atoms with E-state index in [4.69, 9.17) is 46.4 Å². The van der Waals surface area contributed by atoms with Gasteiger partial charge < -0.3 is 0 Å². The number of rotatable bonds is 8. The fourth-order valence-corrected chi connectivity index (χ4v) is 3.12. The molecule has 0 radical (unpaired) electrons. The van der Waals surface area contributed by atoms with Crippen molar-refractivity contribution >= 4 is 56.7 Å². The quantitative estimate of drug-likeness (QED) is 0.407. The summed E-state index contributed by atoms with van der Waals surface area (Å²) >= 11 is 24.5. The van der Waals surface area contributed by atoms with Crippen LogP contribution in [0.5, 0.6) is 0 Å². The molecule has 0 saturated heterocycles. The van der Waals surface area contributed by atoms with E-state index in [2.05, 4.69) is 15.0 Å². The fraction of sp³-hybridized carbons (Fsp3) is 0.588. The summed E-state index contributed by atoms with van der Waals surface area (Å²) in [5.74, 6) is 1.39. The Hall–Kier alpha value is -0.350. The molecule has 7 heteroatoms. The summed E-state index contributed by atoms with van der Waals surface area (Å²) in [6, 6.07) is 5.27. The Morgan fingerprint density at radius 1 is 0.875 bits per heavy atom. The highest BCUT2D eigenvalue weighted by atomic mass is 35.5. The lowest BCUT2D eigenvalue weighted by molar-refractivity contribution is 0.536. The first kappa shape index (κ1) is 21.7. The molecule has 0 bridgehead atoms. The Balaban J connectivity index is 3.09. The molecule has 0 saturated carbocycles. The SMILES string of the molecule is CC(C)[C@@H](CCl)N=C(Cl)c1cccc(C(Cl)=N[C@H](CCl)C(C)C)n1. The van der Waals surface area contributed by atoms with Crippen LogP contribution in [0.3, 0.4) is 0 Å². The number of hydrogen-bond donors (Lipinski definition) is 0. The van der Waals surface area contributed by atoms with Gasteiger partial charge in [0.25, 0.3) is 0 Å². The summed E-state index contributed by atoms with van der Waals surface area (Å²) in [6.07, 6.45) is 0. The van der Waals surface area contributed by atoms with Gasteiger partial charge in [0.05, 0.1) is 12.1 Å². The van der Waals surface area contributed by atoms with E-state index >= 15 is 0 Å². The molecule has 0 aliphatic rings. The first-order valence-electron chi connectivity index (χ1n) is 7.86. The van der Waals surface area contributed by atoms with Crippen molar-refractivity contribution in [2.45, 2.75) is 39.8 Å². The predicted molar refractivity (Wildman–Crippen MR) is 108 cm³/mol. The van der Waals surface area contributed by atoms with Crippen LogP contribution in [0, 0.1) is 11.8 Å². The van der Waals surface area contributed by atoms with Gasteiger partial charge in [0, 0.05) is 11.8 Å². The van der Waals surface area contributed by atoms with Gasteiger partial charge in [0.1, 0.15) is 21.7 Å².